The molecule has 0 spiro atoms. The molecule has 2 heterocycles. The van der Waals surface area contributed by atoms with Crippen LogP contribution in [0.15, 0.2) is 6.33 Å². The molecule has 1 aliphatic rings. The average molecular weight is 222 g/mol. The van der Waals surface area contributed by atoms with Crippen LogP contribution in [-0.4, -0.2) is 27.9 Å². The van der Waals surface area contributed by atoms with Gasteiger partial charge in [-0.25, -0.2) is 0 Å². The molecule has 4 heteroatoms. The molecule has 2 rings (SSSR count). The van der Waals surface area contributed by atoms with E-state index in [2.05, 4.69) is 40.9 Å². The number of rotatable bonds is 4. The standard InChI is InChI=1S/C12H22N4/c1-4-7-16-9-14-15-11(16)12(10(2)3)5-6-13-8-12/h9-10,13H,4-8H2,1-3H3. The maximum Gasteiger partial charge on any atom is 0.140 e. The summed E-state index contributed by atoms with van der Waals surface area (Å²) < 4.78 is 2.23. The van der Waals surface area contributed by atoms with Crippen LogP contribution < -0.4 is 5.32 Å². The van der Waals surface area contributed by atoms with Crippen molar-refractivity contribution in [2.75, 3.05) is 13.1 Å². The Balaban J connectivity index is 2.35. The molecular formula is C12H22N4. The summed E-state index contributed by atoms with van der Waals surface area (Å²) >= 11 is 0. The van der Waals surface area contributed by atoms with Crippen molar-refractivity contribution in [1.82, 2.24) is 20.1 Å². The van der Waals surface area contributed by atoms with Crippen LogP contribution >= 0.6 is 0 Å². The molecule has 1 saturated heterocycles. The van der Waals surface area contributed by atoms with Crippen LogP contribution in [0.3, 0.4) is 0 Å². The molecule has 1 fully saturated rings. The van der Waals surface area contributed by atoms with Gasteiger partial charge >= 0.3 is 0 Å². The molecular weight excluding hydrogens is 200 g/mol. The maximum absolute atomic E-state index is 4.38. The molecule has 1 aliphatic heterocycles. The Morgan fingerprint density at radius 2 is 2.38 bits per heavy atom. The van der Waals surface area contributed by atoms with Gasteiger partial charge in [-0.3, -0.25) is 0 Å². The summed E-state index contributed by atoms with van der Waals surface area (Å²) in [7, 11) is 0. The van der Waals surface area contributed by atoms with Gasteiger partial charge in [0.2, 0.25) is 0 Å². The fourth-order valence-electron chi connectivity index (χ4n) is 2.70. The van der Waals surface area contributed by atoms with Crippen molar-refractivity contribution < 1.29 is 0 Å². The monoisotopic (exact) mass is 222 g/mol. The van der Waals surface area contributed by atoms with Gasteiger partial charge in [0.1, 0.15) is 12.2 Å². The number of nitrogens with one attached hydrogen (secondary N) is 1. The van der Waals surface area contributed by atoms with Crippen LogP contribution in [0.1, 0.15) is 39.4 Å². The van der Waals surface area contributed by atoms with Crippen molar-refractivity contribution in [3.8, 4) is 0 Å². The van der Waals surface area contributed by atoms with Crippen molar-refractivity contribution in [3.05, 3.63) is 12.2 Å². The van der Waals surface area contributed by atoms with Gasteiger partial charge < -0.3 is 9.88 Å². The highest BCUT2D eigenvalue weighted by atomic mass is 15.3. The lowest BCUT2D eigenvalue weighted by molar-refractivity contribution is 0.304. The maximum atomic E-state index is 4.38. The lowest BCUT2D eigenvalue weighted by Crippen LogP contribution is -2.37. The van der Waals surface area contributed by atoms with Crippen LogP contribution in [0.2, 0.25) is 0 Å². The molecule has 16 heavy (non-hydrogen) atoms. The summed E-state index contributed by atoms with van der Waals surface area (Å²) in [5, 5.41) is 12.0. The summed E-state index contributed by atoms with van der Waals surface area (Å²) in [5.41, 5.74) is 0.186. The highest BCUT2D eigenvalue weighted by Gasteiger charge is 2.42. The van der Waals surface area contributed by atoms with Gasteiger partial charge in [0, 0.05) is 18.5 Å². The quantitative estimate of drug-likeness (QED) is 0.841. The van der Waals surface area contributed by atoms with Gasteiger partial charge in [0.05, 0.1) is 0 Å². The molecule has 90 valence electrons. The summed E-state index contributed by atoms with van der Waals surface area (Å²) in [6.07, 6.45) is 4.18. The van der Waals surface area contributed by atoms with Crippen molar-refractivity contribution in [2.45, 2.75) is 45.6 Å². The topological polar surface area (TPSA) is 42.7 Å². The number of hydrogen-bond donors (Lipinski definition) is 1. The Kier molecular flexibility index (Phi) is 3.28. The molecule has 0 radical (unpaired) electrons. The first-order valence-electron chi connectivity index (χ1n) is 6.29. The molecule has 1 N–H and O–H groups in total. The number of aromatic nitrogens is 3. The molecule has 1 atom stereocenters. The SMILES string of the molecule is CCCn1cnnc1C1(C(C)C)CCNC1. The van der Waals surface area contributed by atoms with E-state index in [1.165, 1.54) is 12.2 Å². The van der Waals surface area contributed by atoms with Crippen LogP contribution in [0.4, 0.5) is 0 Å². The number of nitrogens with zero attached hydrogens (tertiary/aromatic N) is 3. The highest BCUT2D eigenvalue weighted by molar-refractivity contribution is 5.14. The van der Waals surface area contributed by atoms with Crippen molar-refractivity contribution >= 4 is 0 Å². The zero-order chi connectivity index (χ0) is 11.6. The van der Waals surface area contributed by atoms with E-state index in [1.807, 2.05) is 6.33 Å². The first-order chi connectivity index (χ1) is 7.70. The highest BCUT2D eigenvalue weighted by Crippen LogP contribution is 2.36. The van der Waals surface area contributed by atoms with Gasteiger partial charge in [0.25, 0.3) is 0 Å². The van der Waals surface area contributed by atoms with E-state index in [1.54, 1.807) is 0 Å². The van der Waals surface area contributed by atoms with E-state index >= 15 is 0 Å². The molecule has 0 saturated carbocycles. The van der Waals surface area contributed by atoms with Crippen LogP contribution in [0.5, 0.6) is 0 Å². The minimum atomic E-state index is 0.186. The van der Waals surface area contributed by atoms with E-state index in [0.717, 1.165) is 26.1 Å². The molecule has 0 aromatic carbocycles. The Morgan fingerprint density at radius 3 is 2.94 bits per heavy atom. The summed E-state index contributed by atoms with van der Waals surface area (Å²) in [6.45, 7) is 9.93. The Hall–Kier alpha value is -0.900. The zero-order valence-electron chi connectivity index (χ0n) is 10.5. The van der Waals surface area contributed by atoms with Gasteiger partial charge in [-0.15, -0.1) is 10.2 Å². The van der Waals surface area contributed by atoms with E-state index in [0.29, 0.717) is 5.92 Å². The summed E-state index contributed by atoms with van der Waals surface area (Å²) in [4.78, 5) is 0. The first-order valence-corrected chi connectivity index (χ1v) is 6.29. The lowest BCUT2D eigenvalue weighted by atomic mass is 9.75. The molecule has 0 bridgehead atoms. The Bertz CT molecular complexity index is 337. The number of hydrogen-bond acceptors (Lipinski definition) is 3. The van der Waals surface area contributed by atoms with E-state index in [-0.39, 0.29) is 5.41 Å². The summed E-state index contributed by atoms with van der Waals surface area (Å²) in [6, 6.07) is 0. The third-order valence-corrected chi connectivity index (χ3v) is 3.82. The van der Waals surface area contributed by atoms with E-state index in [4.69, 9.17) is 0 Å². The van der Waals surface area contributed by atoms with Gasteiger partial charge in [0.15, 0.2) is 0 Å². The predicted molar refractivity (Wildman–Crippen MR) is 64.3 cm³/mol. The predicted octanol–water partition coefficient (Wildman–Crippen LogP) is 1.58. The minimum Gasteiger partial charge on any atom is -0.317 e. The van der Waals surface area contributed by atoms with Crippen LogP contribution in [-0.2, 0) is 12.0 Å². The van der Waals surface area contributed by atoms with Crippen LogP contribution in [0, 0.1) is 5.92 Å². The van der Waals surface area contributed by atoms with Gasteiger partial charge in [-0.2, -0.15) is 0 Å². The molecule has 0 amide bonds. The third kappa shape index (κ3) is 1.75. The van der Waals surface area contributed by atoms with E-state index in [9.17, 15) is 0 Å². The van der Waals surface area contributed by atoms with Gasteiger partial charge in [-0.05, 0) is 25.3 Å². The molecule has 1 unspecified atom stereocenters. The zero-order valence-corrected chi connectivity index (χ0v) is 10.5. The average Bonchev–Trinajstić information content (AvgIpc) is 2.85. The molecule has 0 aliphatic carbocycles. The number of aryl methyl sites for hydroxylation is 1. The van der Waals surface area contributed by atoms with Crippen molar-refractivity contribution in [1.29, 1.82) is 0 Å². The second kappa shape index (κ2) is 4.53. The molecule has 4 nitrogen and oxygen atoms in total. The minimum absolute atomic E-state index is 0.186. The molecule has 1 aromatic heterocycles. The van der Waals surface area contributed by atoms with Crippen LogP contribution in [0.25, 0.3) is 0 Å². The largest absolute Gasteiger partial charge is 0.317 e. The van der Waals surface area contributed by atoms with Crippen molar-refractivity contribution in [2.24, 2.45) is 5.92 Å². The smallest absolute Gasteiger partial charge is 0.140 e. The van der Waals surface area contributed by atoms with E-state index < -0.39 is 0 Å². The second-order valence-electron chi connectivity index (χ2n) is 5.09. The van der Waals surface area contributed by atoms with Crippen molar-refractivity contribution in [3.63, 3.8) is 0 Å². The van der Waals surface area contributed by atoms with Gasteiger partial charge in [-0.1, -0.05) is 20.8 Å². The second-order valence-corrected chi connectivity index (χ2v) is 5.09. The molecule has 1 aromatic rings. The third-order valence-electron chi connectivity index (χ3n) is 3.82. The summed E-state index contributed by atoms with van der Waals surface area (Å²) in [5.74, 6) is 1.77. The fourth-order valence-corrected chi connectivity index (χ4v) is 2.70. The normalized spacial score (nSPS) is 25.5. The lowest BCUT2D eigenvalue weighted by Gasteiger charge is -2.31. The fraction of sp³-hybridized carbons (Fsp3) is 0.833. The Labute approximate surface area is 97.5 Å². The Morgan fingerprint density at radius 1 is 1.56 bits per heavy atom. The first kappa shape index (κ1) is 11.6.